The number of aromatic nitrogens is 2. The number of rotatable bonds is 3. The van der Waals surface area contributed by atoms with Gasteiger partial charge >= 0.3 is 0 Å². The first-order valence-corrected chi connectivity index (χ1v) is 10.6. The molecule has 2 aliphatic rings. The van der Waals surface area contributed by atoms with Crippen molar-refractivity contribution in [3.05, 3.63) is 52.7 Å². The summed E-state index contributed by atoms with van der Waals surface area (Å²) in [7, 11) is 0. The normalized spacial score (nSPS) is 19.5. The van der Waals surface area contributed by atoms with Crippen LogP contribution in [0.5, 0.6) is 0 Å². The molecule has 0 N–H and O–H groups in total. The number of nitrogens with zero attached hydrogens (tertiary/aromatic N) is 4. The van der Waals surface area contributed by atoms with E-state index in [1.807, 2.05) is 37.3 Å². The van der Waals surface area contributed by atoms with Gasteiger partial charge in [-0.15, -0.1) is 5.10 Å². The second-order valence-electron chi connectivity index (χ2n) is 7.97. The van der Waals surface area contributed by atoms with Crippen LogP contribution < -0.4 is 4.90 Å². The van der Waals surface area contributed by atoms with E-state index in [1.54, 1.807) is 0 Å². The molecule has 1 saturated carbocycles. The number of anilines is 1. The molecule has 1 amide bonds. The quantitative estimate of drug-likeness (QED) is 0.784. The summed E-state index contributed by atoms with van der Waals surface area (Å²) in [5.41, 5.74) is 1.58. The van der Waals surface area contributed by atoms with Crippen LogP contribution >= 0.6 is 11.6 Å². The maximum atomic E-state index is 13.7. The second kappa shape index (κ2) is 8.08. The van der Waals surface area contributed by atoms with Crippen LogP contribution in [0.3, 0.4) is 0 Å². The Hall–Kier alpha value is -2.14. The molecule has 0 spiro atoms. The van der Waals surface area contributed by atoms with Gasteiger partial charge in [-0.05, 0) is 56.0 Å². The van der Waals surface area contributed by atoms with Crippen LogP contribution in [0.2, 0.25) is 5.02 Å². The van der Waals surface area contributed by atoms with Gasteiger partial charge in [0.25, 0.3) is 0 Å². The first kappa shape index (κ1) is 19.2. The Morgan fingerprint density at radius 2 is 1.82 bits per heavy atom. The minimum absolute atomic E-state index is 0.268. The van der Waals surface area contributed by atoms with E-state index < -0.39 is 5.41 Å². The molecule has 4 rings (SSSR count). The Morgan fingerprint density at radius 3 is 2.54 bits per heavy atom. The molecule has 148 valence electrons. The maximum absolute atomic E-state index is 13.7. The molecule has 0 atom stereocenters. The van der Waals surface area contributed by atoms with Crippen molar-refractivity contribution in [1.82, 2.24) is 15.1 Å². The van der Waals surface area contributed by atoms with Gasteiger partial charge in [0.05, 0.1) is 11.1 Å². The molecule has 28 heavy (non-hydrogen) atoms. The van der Waals surface area contributed by atoms with Crippen molar-refractivity contribution in [1.29, 1.82) is 0 Å². The van der Waals surface area contributed by atoms with E-state index in [0.717, 1.165) is 75.4 Å². The van der Waals surface area contributed by atoms with Gasteiger partial charge in [0.2, 0.25) is 5.91 Å². The van der Waals surface area contributed by atoms with Crippen LogP contribution in [0, 0.1) is 6.92 Å². The zero-order valence-electron chi connectivity index (χ0n) is 16.4. The number of hydrogen-bond donors (Lipinski definition) is 0. The molecule has 1 aromatic heterocycles. The highest BCUT2D eigenvalue weighted by molar-refractivity contribution is 6.30. The van der Waals surface area contributed by atoms with E-state index in [1.165, 1.54) is 0 Å². The third-order valence-corrected chi connectivity index (χ3v) is 6.37. The lowest BCUT2D eigenvalue weighted by molar-refractivity contribution is -0.137. The molecule has 1 saturated heterocycles. The van der Waals surface area contributed by atoms with Crippen molar-refractivity contribution in [2.24, 2.45) is 0 Å². The van der Waals surface area contributed by atoms with Gasteiger partial charge in [-0.25, -0.2) is 0 Å². The highest BCUT2D eigenvalue weighted by atomic mass is 35.5. The fourth-order valence-electron chi connectivity index (χ4n) is 4.60. The summed E-state index contributed by atoms with van der Waals surface area (Å²) in [6, 6.07) is 11.9. The molecule has 1 aliphatic heterocycles. The summed E-state index contributed by atoms with van der Waals surface area (Å²) in [6.07, 6.45) is 4.95. The highest BCUT2D eigenvalue weighted by Crippen LogP contribution is 2.43. The summed E-state index contributed by atoms with van der Waals surface area (Å²) in [4.78, 5) is 18.0. The molecular formula is C22H27ClN4O. The Kier molecular flexibility index (Phi) is 5.54. The molecule has 2 fully saturated rings. The second-order valence-corrected chi connectivity index (χ2v) is 8.40. The van der Waals surface area contributed by atoms with E-state index in [2.05, 4.69) is 26.1 Å². The number of amides is 1. The average Bonchev–Trinajstić information content (AvgIpc) is 3.08. The van der Waals surface area contributed by atoms with Crippen LogP contribution in [0.25, 0.3) is 0 Å². The Labute approximate surface area is 171 Å². The van der Waals surface area contributed by atoms with Crippen LogP contribution in [0.15, 0.2) is 36.4 Å². The van der Waals surface area contributed by atoms with Gasteiger partial charge in [-0.2, -0.15) is 5.10 Å². The summed E-state index contributed by atoms with van der Waals surface area (Å²) >= 11 is 6.26. The van der Waals surface area contributed by atoms with Gasteiger partial charge in [0.1, 0.15) is 0 Å². The number of benzene rings is 1. The smallest absolute Gasteiger partial charge is 0.233 e. The van der Waals surface area contributed by atoms with E-state index in [-0.39, 0.29) is 5.91 Å². The van der Waals surface area contributed by atoms with Crippen molar-refractivity contribution < 1.29 is 4.79 Å². The number of aryl methyl sites for hydroxylation is 1. The zero-order chi connectivity index (χ0) is 19.6. The van der Waals surface area contributed by atoms with Gasteiger partial charge in [-0.1, -0.05) is 36.6 Å². The highest BCUT2D eigenvalue weighted by Gasteiger charge is 2.45. The van der Waals surface area contributed by atoms with Crippen molar-refractivity contribution in [3.63, 3.8) is 0 Å². The van der Waals surface area contributed by atoms with Gasteiger partial charge in [0.15, 0.2) is 5.82 Å². The molecule has 0 bridgehead atoms. The number of halogens is 1. The summed E-state index contributed by atoms with van der Waals surface area (Å²) < 4.78 is 0. The maximum Gasteiger partial charge on any atom is 0.233 e. The zero-order valence-corrected chi connectivity index (χ0v) is 17.2. The molecule has 0 radical (unpaired) electrons. The fraction of sp³-hybridized carbons (Fsp3) is 0.500. The summed E-state index contributed by atoms with van der Waals surface area (Å²) in [5.74, 6) is 1.16. The first-order valence-electron chi connectivity index (χ1n) is 10.2. The molecule has 2 heterocycles. The molecule has 1 aromatic carbocycles. The van der Waals surface area contributed by atoms with Crippen LogP contribution in [-0.2, 0) is 10.2 Å². The van der Waals surface area contributed by atoms with E-state index in [0.29, 0.717) is 5.02 Å². The Bertz CT molecular complexity index is 833. The van der Waals surface area contributed by atoms with E-state index in [9.17, 15) is 4.79 Å². The third kappa shape index (κ3) is 3.72. The van der Waals surface area contributed by atoms with E-state index in [4.69, 9.17) is 11.6 Å². The SMILES string of the molecule is Cc1ccc(N2CCCN(C(=O)C3(c4cccc(Cl)c4)CCCC3)CC2)nn1. The van der Waals surface area contributed by atoms with Crippen molar-refractivity contribution >= 4 is 23.3 Å². The van der Waals surface area contributed by atoms with Gasteiger partial charge < -0.3 is 9.80 Å². The number of carbonyl (C=O) groups excluding carboxylic acids is 1. The van der Waals surface area contributed by atoms with Crippen LogP contribution in [0.4, 0.5) is 5.82 Å². The minimum Gasteiger partial charge on any atom is -0.353 e. The number of carbonyl (C=O) groups is 1. The molecule has 0 unspecified atom stereocenters. The lowest BCUT2D eigenvalue weighted by Crippen LogP contribution is -2.47. The topological polar surface area (TPSA) is 49.3 Å². The molecule has 2 aromatic rings. The lowest BCUT2D eigenvalue weighted by Gasteiger charge is -2.34. The average molecular weight is 399 g/mol. The van der Waals surface area contributed by atoms with Crippen molar-refractivity contribution in [3.8, 4) is 0 Å². The van der Waals surface area contributed by atoms with Gasteiger partial charge in [0, 0.05) is 31.2 Å². The fourth-order valence-corrected chi connectivity index (χ4v) is 4.79. The Balaban J connectivity index is 1.53. The van der Waals surface area contributed by atoms with E-state index >= 15 is 0 Å². The molecule has 1 aliphatic carbocycles. The summed E-state index contributed by atoms with van der Waals surface area (Å²) in [5, 5.41) is 9.20. The lowest BCUT2D eigenvalue weighted by atomic mass is 9.77. The molecule has 6 heteroatoms. The third-order valence-electron chi connectivity index (χ3n) is 6.13. The van der Waals surface area contributed by atoms with Crippen molar-refractivity contribution in [2.75, 3.05) is 31.1 Å². The monoisotopic (exact) mass is 398 g/mol. The predicted octanol–water partition coefficient (Wildman–Crippen LogP) is 3.99. The van der Waals surface area contributed by atoms with Crippen molar-refractivity contribution in [2.45, 2.75) is 44.4 Å². The predicted molar refractivity (Wildman–Crippen MR) is 112 cm³/mol. The Morgan fingerprint density at radius 1 is 1.00 bits per heavy atom. The largest absolute Gasteiger partial charge is 0.353 e. The standard InChI is InChI=1S/C22H27ClN4O/c1-17-8-9-20(25-24-17)26-12-5-13-27(15-14-26)21(28)22(10-2-3-11-22)18-6-4-7-19(23)16-18/h4,6-9,16H,2-3,5,10-15H2,1H3. The number of hydrogen-bond acceptors (Lipinski definition) is 4. The van der Waals surface area contributed by atoms with Crippen LogP contribution in [-0.4, -0.2) is 47.2 Å². The first-order chi connectivity index (χ1) is 13.6. The minimum atomic E-state index is -0.413. The van der Waals surface area contributed by atoms with Gasteiger partial charge in [-0.3, -0.25) is 4.79 Å². The molecule has 5 nitrogen and oxygen atoms in total. The summed E-state index contributed by atoms with van der Waals surface area (Å²) in [6.45, 7) is 5.13. The van der Waals surface area contributed by atoms with Crippen LogP contribution in [0.1, 0.15) is 43.4 Å². The molecular weight excluding hydrogens is 372 g/mol.